The number of benzene rings is 1. The molecule has 0 atom stereocenters. The molecule has 7 nitrogen and oxygen atoms in total. The zero-order valence-electron chi connectivity index (χ0n) is 14.6. The highest BCUT2D eigenvalue weighted by molar-refractivity contribution is 7.20. The molecule has 28 heavy (non-hydrogen) atoms. The Hall–Kier alpha value is -3.59. The molecular formula is C19H14FN5O2S. The van der Waals surface area contributed by atoms with Gasteiger partial charge in [-0.15, -0.1) is 11.3 Å². The van der Waals surface area contributed by atoms with Crippen LogP contribution in [-0.4, -0.2) is 26.6 Å². The van der Waals surface area contributed by atoms with E-state index in [1.165, 1.54) is 35.9 Å². The maximum absolute atomic E-state index is 13.2. The maximum atomic E-state index is 13.2. The summed E-state index contributed by atoms with van der Waals surface area (Å²) in [6.07, 6.45) is 2.99. The van der Waals surface area contributed by atoms with Crippen molar-refractivity contribution in [2.45, 2.75) is 6.92 Å². The maximum Gasteiger partial charge on any atom is 0.279 e. The summed E-state index contributed by atoms with van der Waals surface area (Å²) in [5.41, 5.74) is 6.61. The van der Waals surface area contributed by atoms with Gasteiger partial charge >= 0.3 is 0 Å². The molecule has 0 fully saturated rings. The van der Waals surface area contributed by atoms with E-state index in [0.29, 0.717) is 16.1 Å². The van der Waals surface area contributed by atoms with E-state index in [1.807, 2.05) is 6.92 Å². The van der Waals surface area contributed by atoms with Crippen LogP contribution in [0.3, 0.4) is 0 Å². The molecule has 3 heterocycles. The Morgan fingerprint density at radius 2 is 1.71 bits per heavy atom. The summed E-state index contributed by atoms with van der Waals surface area (Å²) in [6, 6.07) is 10.8. The first kappa shape index (κ1) is 17.8. The number of fused-ring (bicyclic) bond motifs is 1. The number of nitrogens with zero attached hydrogens (tertiary/aromatic N) is 3. The number of thiophene rings is 1. The van der Waals surface area contributed by atoms with Crippen molar-refractivity contribution in [3.05, 3.63) is 76.8 Å². The van der Waals surface area contributed by atoms with Gasteiger partial charge in [0.1, 0.15) is 10.6 Å². The van der Waals surface area contributed by atoms with Gasteiger partial charge in [0.2, 0.25) is 0 Å². The van der Waals surface area contributed by atoms with E-state index in [0.717, 1.165) is 15.9 Å². The minimum absolute atomic E-state index is 0.333. The second-order valence-corrected chi connectivity index (χ2v) is 6.98. The Morgan fingerprint density at radius 1 is 1.04 bits per heavy atom. The molecule has 2 N–H and O–H groups in total. The van der Waals surface area contributed by atoms with Crippen LogP contribution in [0.1, 0.15) is 25.7 Å². The van der Waals surface area contributed by atoms with Gasteiger partial charge in [-0.05, 0) is 49.4 Å². The van der Waals surface area contributed by atoms with Gasteiger partial charge in [0.05, 0.1) is 16.3 Å². The predicted octanol–water partition coefficient (Wildman–Crippen LogP) is 3.00. The van der Waals surface area contributed by atoms with E-state index in [9.17, 15) is 14.0 Å². The van der Waals surface area contributed by atoms with Gasteiger partial charge in [-0.1, -0.05) is 0 Å². The van der Waals surface area contributed by atoms with Gasteiger partial charge in [-0.25, -0.2) is 9.07 Å². The number of nitrogens with one attached hydrogen (secondary N) is 2. The summed E-state index contributed by atoms with van der Waals surface area (Å²) in [4.78, 5) is 29.5. The number of amides is 2. The van der Waals surface area contributed by atoms with Crippen molar-refractivity contribution < 1.29 is 14.0 Å². The van der Waals surface area contributed by atoms with Crippen LogP contribution in [0, 0.1) is 12.7 Å². The van der Waals surface area contributed by atoms with Gasteiger partial charge in [-0.2, -0.15) is 5.10 Å². The molecular weight excluding hydrogens is 381 g/mol. The molecule has 0 bridgehead atoms. The number of hydrogen-bond donors (Lipinski definition) is 2. The number of aryl methyl sites for hydroxylation is 1. The molecule has 0 unspecified atom stereocenters. The summed E-state index contributed by atoms with van der Waals surface area (Å²) in [5, 5.41) is 5.28. The number of carbonyl (C=O) groups is 2. The fourth-order valence-electron chi connectivity index (χ4n) is 2.67. The first-order valence-electron chi connectivity index (χ1n) is 8.29. The third kappa shape index (κ3) is 3.35. The van der Waals surface area contributed by atoms with Crippen LogP contribution in [0.25, 0.3) is 15.9 Å². The molecule has 0 aliphatic heterocycles. The van der Waals surface area contributed by atoms with Crippen molar-refractivity contribution in [1.29, 1.82) is 0 Å². The fourth-order valence-corrected chi connectivity index (χ4v) is 3.75. The van der Waals surface area contributed by atoms with Crippen molar-refractivity contribution in [3.8, 4) is 5.69 Å². The van der Waals surface area contributed by atoms with Crippen molar-refractivity contribution in [3.63, 3.8) is 0 Å². The number of aromatic nitrogens is 3. The van der Waals surface area contributed by atoms with Crippen molar-refractivity contribution in [2.24, 2.45) is 0 Å². The summed E-state index contributed by atoms with van der Waals surface area (Å²) in [6.45, 7) is 1.84. The van der Waals surface area contributed by atoms with E-state index < -0.39 is 11.8 Å². The van der Waals surface area contributed by atoms with Gasteiger partial charge in [-0.3, -0.25) is 25.4 Å². The number of pyridine rings is 1. The number of hydrazine groups is 1. The third-order valence-corrected chi connectivity index (χ3v) is 5.18. The van der Waals surface area contributed by atoms with Crippen LogP contribution in [0.5, 0.6) is 0 Å². The van der Waals surface area contributed by atoms with E-state index in [1.54, 1.807) is 35.0 Å². The lowest BCUT2D eigenvalue weighted by molar-refractivity contribution is 0.0849. The minimum atomic E-state index is -0.439. The molecule has 0 radical (unpaired) electrons. The molecule has 4 aromatic rings. The number of rotatable bonds is 3. The summed E-state index contributed by atoms with van der Waals surface area (Å²) in [7, 11) is 0. The van der Waals surface area contributed by atoms with Crippen LogP contribution < -0.4 is 10.9 Å². The minimum Gasteiger partial charge on any atom is -0.267 e. The van der Waals surface area contributed by atoms with Gasteiger partial charge in [0.25, 0.3) is 11.8 Å². The first-order chi connectivity index (χ1) is 13.5. The highest BCUT2D eigenvalue weighted by atomic mass is 32.1. The topological polar surface area (TPSA) is 88.9 Å². The lowest BCUT2D eigenvalue weighted by Gasteiger charge is -2.06. The molecule has 4 rings (SSSR count). The van der Waals surface area contributed by atoms with Gasteiger partial charge in [0, 0.05) is 23.3 Å². The Labute approximate surface area is 162 Å². The molecule has 0 aliphatic rings. The van der Waals surface area contributed by atoms with Crippen molar-refractivity contribution >= 4 is 33.4 Å². The summed E-state index contributed by atoms with van der Waals surface area (Å²) in [5.74, 6) is -1.21. The fraction of sp³-hybridized carbons (Fsp3) is 0.0526. The molecule has 0 saturated heterocycles. The molecule has 0 spiro atoms. The van der Waals surface area contributed by atoms with Gasteiger partial charge < -0.3 is 0 Å². The van der Waals surface area contributed by atoms with Gasteiger partial charge in [0.15, 0.2) is 0 Å². The Morgan fingerprint density at radius 3 is 2.43 bits per heavy atom. The monoisotopic (exact) mass is 395 g/mol. The molecule has 2 amide bonds. The van der Waals surface area contributed by atoms with Crippen molar-refractivity contribution in [1.82, 2.24) is 25.6 Å². The third-order valence-electron chi connectivity index (χ3n) is 4.07. The van der Waals surface area contributed by atoms with Crippen molar-refractivity contribution in [2.75, 3.05) is 0 Å². The smallest absolute Gasteiger partial charge is 0.267 e. The zero-order valence-corrected chi connectivity index (χ0v) is 15.5. The van der Waals surface area contributed by atoms with Crippen LogP contribution in [0.2, 0.25) is 0 Å². The SMILES string of the molecule is Cc1nn(-c2ccc(F)cc2)c2sc(C(=O)NNC(=O)c3ccncc3)cc12. The number of hydrogen-bond acceptors (Lipinski definition) is 5. The molecule has 1 aromatic carbocycles. The quantitative estimate of drug-likeness (QED) is 0.522. The molecule has 9 heteroatoms. The standard InChI is InChI=1S/C19H14FN5O2S/c1-11-15-10-16(18(27)23-22-17(26)12-6-8-21-9-7-12)28-19(15)25(24-11)14-4-2-13(20)3-5-14/h2-10H,1H3,(H,22,26)(H,23,27). The highest BCUT2D eigenvalue weighted by Crippen LogP contribution is 2.30. The average molecular weight is 395 g/mol. The molecule has 3 aromatic heterocycles. The van der Waals surface area contributed by atoms with Crippen LogP contribution in [0.4, 0.5) is 4.39 Å². The Balaban J connectivity index is 1.56. The lowest BCUT2D eigenvalue weighted by atomic mass is 10.2. The predicted molar refractivity (Wildman–Crippen MR) is 103 cm³/mol. The van der Waals surface area contributed by atoms with Crippen LogP contribution in [0.15, 0.2) is 54.9 Å². The number of halogens is 1. The van der Waals surface area contributed by atoms with Crippen LogP contribution in [-0.2, 0) is 0 Å². The van der Waals surface area contributed by atoms with E-state index in [2.05, 4.69) is 20.9 Å². The van der Waals surface area contributed by atoms with Crippen LogP contribution >= 0.6 is 11.3 Å². The molecule has 0 aliphatic carbocycles. The van der Waals surface area contributed by atoms with E-state index >= 15 is 0 Å². The van der Waals surface area contributed by atoms with E-state index in [4.69, 9.17) is 0 Å². The zero-order chi connectivity index (χ0) is 19.7. The Kier molecular flexibility index (Phi) is 4.58. The normalized spacial score (nSPS) is 10.8. The molecule has 0 saturated carbocycles. The second-order valence-electron chi connectivity index (χ2n) is 5.95. The second kappa shape index (κ2) is 7.20. The lowest BCUT2D eigenvalue weighted by Crippen LogP contribution is -2.41. The first-order valence-corrected chi connectivity index (χ1v) is 9.10. The number of carbonyl (C=O) groups excluding carboxylic acids is 2. The molecule has 140 valence electrons. The van der Waals surface area contributed by atoms with E-state index in [-0.39, 0.29) is 5.82 Å². The summed E-state index contributed by atoms with van der Waals surface area (Å²) >= 11 is 1.23. The average Bonchev–Trinajstić information content (AvgIpc) is 3.28. The largest absolute Gasteiger partial charge is 0.279 e. The highest BCUT2D eigenvalue weighted by Gasteiger charge is 2.18. The summed E-state index contributed by atoms with van der Waals surface area (Å²) < 4.78 is 14.9. The Bertz CT molecular complexity index is 1170.